The van der Waals surface area contributed by atoms with Gasteiger partial charge in [0.15, 0.2) is 6.61 Å². The summed E-state index contributed by atoms with van der Waals surface area (Å²) < 4.78 is 11.8. The number of para-hydroxylation sites is 1. The normalized spacial score (nSPS) is 13.7. The molecule has 3 aromatic rings. The van der Waals surface area contributed by atoms with Crippen LogP contribution in [0.3, 0.4) is 0 Å². The molecule has 4 heteroatoms. The first kappa shape index (κ1) is 20.5. The minimum absolute atomic E-state index is 0.0183. The number of rotatable bonds is 6. The SMILES string of the molecule is CC(C)c1cccc(C(C)C)c1NC(=O)COc1ccc2oc3c(c2c1)CCCC3. The molecule has 1 aromatic heterocycles. The minimum atomic E-state index is -0.140. The molecule has 30 heavy (non-hydrogen) atoms. The molecule has 2 aromatic carbocycles. The molecule has 1 aliphatic rings. The monoisotopic (exact) mass is 405 g/mol. The van der Waals surface area contributed by atoms with Gasteiger partial charge in [0.05, 0.1) is 0 Å². The van der Waals surface area contributed by atoms with E-state index >= 15 is 0 Å². The lowest BCUT2D eigenvalue weighted by Crippen LogP contribution is -2.22. The first-order chi connectivity index (χ1) is 14.4. The Bertz CT molecular complexity index is 1040. The van der Waals surface area contributed by atoms with Gasteiger partial charge < -0.3 is 14.5 Å². The number of amides is 1. The van der Waals surface area contributed by atoms with Gasteiger partial charge in [-0.1, -0.05) is 45.9 Å². The summed E-state index contributed by atoms with van der Waals surface area (Å²) in [5.41, 5.74) is 5.45. The Morgan fingerprint density at radius 3 is 2.43 bits per heavy atom. The predicted molar refractivity (Wildman–Crippen MR) is 122 cm³/mol. The van der Waals surface area contributed by atoms with Crippen molar-refractivity contribution in [2.75, 3.05) is 11.9 Å². The largest absolute Gasteiger partial charge is 0.484 e. The molecule has 0 spiro atoms. The van der Waals surface area contributed by atoms with Gasteiger partial charge in [-0.25, -0.2) is 0 Å². The van der Waals surface area contributed by atoms with Crippen LogP contribution in [0.4, 0.5) is 5.69 Å². The van der Waals surface area contributed by atoms with Crippen molar-refractivity contribution in [3.05, 3.63) is 58.8 Å². The van der Waals surface area contributed by atoms with Crippen molar-refractivity contribution in [1.29, 1.82) is 0 Å². The zero-order chi connectivity index (χ0) is 21.3. The van der Waals surface area contributed by atoms with E-state index in [2.05, 4.69) is 51.2 Å². The van der Waals surface area contributed by atoms with Crippen molar-refractivity contribution in [3.8, 4) is 5.75 Å². The third-order valence-corrected chi connectivity index (χ3v) is 5.93. The molecule has 1 N–H and O–H groups in total. The number of fused-ring (bicyclic) bond motifs is 3. The maximum atomic E-state index is 12.7. The second-order valence-electron chi connectivity index (χ2n) is 8.83. The molecule has 0 aliphatic heterocycles. The molecule has 0 unspecified atom stereocenters. The Morgan fingerprint density at radius 1 is 1.03 bits per heavy atom. The van der Waals surface area contributed by atoms with Crippen molar-refractivity contribution < 1.29 is 13.9 Å². The minimum Gasteiger partial charge on any atom is -0.484 e. The lowest BCUT2D eigenvalue weighted by Gasteiger charge is -2.20. The van der Waals surface area contributed by atoms with Crippen LogP contribution < -0.4 is 10.1 Å². The molecule has 1 heterocycles. The van der Waals surface area contributed by atoms with Gasteiger partial charge in [-0.3, -0.25) is 4.79 Å². The van der Waals surface area contributed by atoms with Gasteiger partial charge >= 0.3 is 0 Å². The average molecular weight is 406 g/mol. The summed E-state index contributed by atoms with van der Waals surface area (Å²) in [6.45, 7) is 8.56. The second-order valence-corrected chi connectivity index (χ2v) is 8.83. The quantitative estimate of drug-likeness (QED) is 0.504. The van der Waals surface area contributed by atoms with Gasteiger partial charge in [0.25, 0.3) is 5.91 Å². The summed E-state index contributed by atoms with van der Waals surface area (Å²) in [4.78, 5) is 12.7. The third-order valence-electron chi connectivity index (χ3n) is 5.93. The first-order valence-corrected chi connectivity index (χ1v) is 11.0. The van der Waals surface area contributed by atoms with Crippen LogP contribution in [0.5, 0.6) is 5.75 Å². The Morgan fingerprint density at radius 2 is 1.73 bits per heavy atom. The van der Waals surface area contributed by atoms with E-state index in [-0.39, 0.29) is 12.5 Å². The average Bonchev–Trinajstić information content (AvgIpc) is 3.10. The van der Waals surface area contributed by atoms with E-state index in [4.69, 9.17) is 9.15 Å². The topological polar surface area (TPSA) is 51.5 Å². The Labute approximate surface area is 178 Å². The van der Waals surface area contributed by atoms with Crippen molar-refractivity contribution in [3.63, 3.8) is 0 Å². The number of carbonyl (C=O) groups is 1. The predicted octanol–water partition coefficient (Wildman–Crippen LogP) is 6.58. The van der Waals surface area contributed by atoms with Crippen molar-refractivity contribution in [2.45, 2.75) is 65.2 Å². The van der Waals surface area contributed by atoms with Crippen LogP contribution in [0.2, 0.25) is 0 Å². The molecule has 0 saturated heterocycles. The Kier molecular flexibility index (Phi) is 5.85. The number of nitrogens with one attached hydrogen (secondary N) is 1. The van der Waals surface area contributed by atoms with E-state index in [9.17, 15) is 4.79 Å². The number of furan rings is 1. The molecule has 0 saturated carbocycles. The van der Waals surface area contributed by atoms with Crippen molar-refractivity contribution in [2.24, 2.45) is 0 Å². The highest BCUT2D eigenvalue weighted by atomic mass is 16.5. The van der Waals surface area contributed by atoms with Gasteiger partial charge in [-0.2, -0.15) is 0 Å². The molecule has 0 bridgehead atoms. The molecule has 1 aliphatic carbocycles. The zero-order valence-corrected chi connectivity index (χ0v) is 18.4. The molecule has 0 radical (unpaired) electrons. The smallest absolute Gasteiger partial charge is 0.262 e. The summed E-state index contributed by atoms with van der Waals surface area (Å²) >= 11 is 0. The van der Waals surface area contributed by atoms with E-state index < -0.39 is 0 Å². The highest BCUT2D eigenvalue weighted by molar-refractivity contribution is 5.94. The van der Waals surface area contributed by atoms with E-state index in [0.29, 0.717) is 17.6 Å². The van der Waals surface area contributed by atoms with E-state index in [1.165, 1.54) is 18.4 Å². The molecule has 4 nitrogen and oxygen atoms in total. The van der Waals surface area contributed by atoms with E-state index in [1.807, 2.05) is 18.2 Å². The van der Waals surface area contributed by atoms with Crippen LogP contribution in [0.15, 0.2) is 40.8 Å². The third kappa shape index (κ3) is 4.09. The van der Waals surface area contributed by atoms with E-state index in [0.717, 1.165) is 46.4 Å². The molecular formula is C26H31NO3. The van der Waals surface area contributed by atoms with Crippen LogP contribution in [0.25, 0.3) is 11.0 Å². The Balaban J connectivity index is 1.49. The molecule has 158 valence electrons. The molecular weight excluding hydrogens is 374 g/mol. The summed E-state index contributed by atoms with van der Waals surface area (Å²) in [5, 5.41) is 4.23. The van der Waals surface area contributed by atoms with Crippen LogP contribution in [0, 0.1) is 0 Å². The lowest BCUT2D eigenvalue weighted by molar-refractivity contribution is -0.118. The summed E-state index contributed by atoms with van der Waals surface area (Å²) in [7, 11) is 0. The van der Waals surface area contributed by atoms with Crippen molar-refractivity contribution in [1.82, 2.24) is 0 Å². The molecule has 1 amide bonds. The maximum Gasteiger partial charge on any atom is 0.262 e. The number of hydrogen-bond acceptors (Lipinski definition) is 3. The number of carbonyl (C=O) groups excluding carboxylic acids is 1. The molecule has 0 fully saturated rings. The fraction of sp³-hybridized carbons (Fsp3) is 0.423. The van der Waals surface area contributed by atoms with Gasteiger partial charge in [0.1, 0.15) is 17.1 Å². The van der Waals surface area contributed by atoms with Gasteiger partial charge in [-0.15, -0.1) is 0 Å². The van der Waals surface area contributed by atoms with Gasteiger partial charge in [0, 0.05) is 23.1 Å². The second kappa shape index (κ2) is 8.55. The zero-order valence-electron chi connectivity index (χ0n) is 18.4. The lowest BCUT2D eigenvalue weighted by atomic mass is 9.92. The Hall–Kier alpha value is -2.75. The maximum absolute atomic E-state index is 12.7. The van der Waals surface area contributed by atoms with Crippen molar-refractivity contribution >= 4 is 22.6 Å². The first-order valence-electron chi connectivity index (χ1n) is 11.0. The number of anilines is 1. The number of hydrogen-bond donors (Lipinski definition) is 1. The number of ether oxygens (including phenoxy) is 1. The summed E-state index contributed by atoms with van der Waals surface area (Å²) in [6.07, 6.45) is 4.45. The van der Waals surface area contributed by atoms with E-state index in [1.54, 1.807) is 0 Å². The van der Waals surface area contributed by atoms with Crippen LogP contribution in [-0.2, 0) is 17.6 Å². The fourth-order valence-electron chi connectivity index (χ4n) is 4.35. The van der Waals surface area contributed by atoms with Crippen LogP contribution >= 0.6 is 0 Å². The number of benzene rings is 2. The van der Waals surface area contributed by atoms with Crippen LogP contribution in [0.1, 0.15) is 74.8 Å². The van der Waals surface area contributed by atoms with Gasteiger partial charge in [0.2, 0.25) is 0 Å². The highest BCUT2D eigenvalue weighted by Gasteiger charge is 2.19. The van der Waals surface area contributed by atoms with Gasteiger partial charge in [-0.05, 0) is 60.4 Å². The molecule has 0 atom stereocenters. The standard InChI is InChI=1S/C26H31NO3/c1-16(2)19-9-7-10-20(17(3)4)26(19)27-25(28)15-29-18-12-13-24-22(14-18)21-8-5-6-11-23(21)30-24/h7,9-10,12-14,16-17H,5-6,8,11,15H2,1-4H3,(H,27,28). The summed E-state index contributed by atoms with van der Waals surface area (Å²) in [6, 6.07) is 12.1. The number of aryl methyl sites for hydroxylation is 2. The van der Waals surface area contributed by atoms with Crippen LogP contribution in [-0.4, -0.2) is 12.5 Å². The fourth-order valence-corrected chi connectivity index (χ4v) is 4.35. The summed E-state index contributed by atoms with van der Waals surface area (Å²) in [5.74, 6) is 2.33. The molecule has 4 rings (SSSR count). The highest BCUT2D eigenvalue weighted by Crippen LogP contribution is 2.34.